The van der Waals surface area contributed by atoms with Gasteiger partial charge in [0, 0.05) is 17.1 Å². The van der Waals surface area contributed by atoms with E-state index in [1.54, 1.807) is 43.4 Å². The van der Waals surface area contributed by atoms with Gasteiger partial charge in [-0.05, 0) is 46.3 Å². The van der Waals surface area contributed by atoms with E-state index >= 15 is 0 Å². The summed E-state index contributed by atoms with van der Waals surface area (Å²) < 4.78 is 0.755. The first-order valence-corrected chi connectivity index (χ1v) is 10.2. The van der Waals surface area contributed by atoms with Crippen LogP contribution in [0.3, 0.4) is 0 Å². The Morgan fingerprint density at radius 1 is 1.07 bits per heavy atom. The molecular formula is C19H12BrN3O3S2. The maximum atomic E-state index is 13.0. The lowest BCUT2D eigenvalue weighted by molar-refractivity contribution is -0.124. The normalized spacial score (nSPS) is 18.7. The first-order chi connectivity index (χ1) is 13.4. The minimum atomic E-state index is -0.524. The molecule has 28 heavy (non-hydrogen) atoms. The highest BCUT2D eigenvalue weighted by atomic mass is 79.9. The number of halogens is 1. The van der Waals surface area contributed by atoms with Crippen molar-refractivity contribution in [3.63, 3.8) is 0 Å². The van der Waals surface area contributed by atoms with Gasteiger partial charge in [0.25, 0.3) is 17.7 Å². The number of hydrazine groups is 1. The van der Waals surface area contributed by atoms with Crippen molar-refractivity contribution < 1.29 is 14.4 Å². The zero-order chi connectivity index (χ0) is 20.0. The Bertz CT molecular complexity index is 1100. The number of amides is 3. The van der Waals surface area contributed by atoms with Crippen molar-refractivity contribution in [3.8, 4) is 0 Å². The zero-order valence-corrected chi connectivity index (χ0v) is 17.7. The number of benzene rings is 2. The maximum absolute atomic E-state index is 13.0. The summed E-state index contributed by atoms with van der Waals surface area (Å²) in [6.45, 7) is 0. The van der Waals surface area contributed by atoms with Crippen LogP contribution in [0, 0.1) is 0 Å². The number of rotatable bonds is 2. The molecular weight excluding hydrogens is 462 g/mol. The minimum absolute atomic E-state index is 0.160. The molecule has 1 N–H and O–H groups in total. The molecule has 3 amide bonds. The molecule has 6 nitrogen and oxygen atoms in total. The van der Waals surface area contributed by atoms with Gasteiger partial charge < -0.3 is 4.90 Å². The van der Waals surface area contributed by atoms with Crippen molar-refractivity contribution in [2.75, 3.05) is 11.9 Å². The Labute approximate surface area is 178 Å². The third kappa shape index (κ3) is 2.95. The highest BCUT2D eigenvalue weighted by Crippen LogP contribution is 2.43. The van der Waals surface area contributed by atoms with Crippen molar-refractivity contribution in [2.24, 2.45) is 0 Å². The fourth-order valence-corrected chi connectivity index (χ4v) is 4.73. The van der Waals surface area contributed by atoms with Gasteiger partial charge in [0.2, 0.25) is 0 Å². The number of nitrogens with zero attached hydrogens (tertiary/aromatic N) is 2. The van der Waals surface area contributed by atoms with Gasteiger partial charge in [0.15, 0.2) is 4.32 Å². The molecule has 0 bridgehead atoms. The average molecular weight is 474 g/mol. The van der Waals surface area contributed by atoms with Crippen LogP contribution in [0.4, 0.5) is 5.69 Å². The molecule has 2 aromatic rings. The molecule has 0 atom stereocenters. The van der Waals surface area contributed by atoms with E-state index in [-0.39, 0.29) is 15.1 Å². The van der Waals surface area contributed by atoms with Crippen LogP contribution in [0.15, 0.2) is 57.9 Å². The van der Waals surface area contributed by atoms with Gasteiger partial charge in [-0.2, -0.15) is 5.01 Å². The predicted octanol–water partition coefficient (Wildman–Crippen LogP) is 3.34. The van der Waals surface area contributed by atoms with Crippen LogP contribution in [-0.4, -0.2) is 34.1 Å². The first kappa shape index (κ1) is 18.9. The number of para-hydroxylation sites is 1. The van der Waals surface area contributed by atoms with Crippen LogP contribution in [0.25, 0.3) is 5.57 Å². The quantitative estimate of drug-likeness (QED) is 0.534. The Morgan fingerprint density at radius 3 is 2.50 bits per heavy atom. The molecule has 2 heterocycles. The molecule has 9 heteroatoms. The molecule has 4 rings (SSSR count). The van der Waals surface area contributed by atoms with E-state index in [9.17, 15) is 14.4 Å². The van der Waals surface area contributed by atoms with E-state index in [2.05, 4.69) is 21.4 Å². The summed E-state index contributed by atoms with van der Waals surface area (Å²) in [6, 6.07) is 14.1. The van der Waals surface area contributed by atoms with Crippen molar-refractivity contribution in [3.05, 3.63) is 69.0 Å². The second-order valence-electron chi connectivity index (χ2n) is 6.01. The largest absolute Gasteiger partial charge is 0.311 e. The highest BCUT2D eigenvalue weighted by molar-refractivity contribution is 9.10. The third-order valence-electron chi connectivity index (χ3n) is 4.38. The second kappa shape index (κ2) is 7.16. The van der Waals surface area contributed by atoms with Crippen LogP contribution in [-0.2, 0) is 9.59 Å². The van der Waals surface area contributed by atoms with Gasteiger partial charge in [-0.3, -0.25) is 19.8 Å². The molecule has 2 aliphatic heterocycles. The molecule has 0 saturated carbocycles. The summed E-state index contributed by atoms with van der Waals surface area (Å²) in [5.74, 6) is -1.28. The number of thioether (sulfide) groups is 1. The number of anilines is 1. The third-order valence-corrected chi connectivity index (χ3v) is 6.45. The molecule has 140 valence electrons. The monoisotopic (exact) mass is 473 g/mol. The van der Waals surface area contributed by atoms with Gasteiger partial charge >= 0.3 is 0 Å². The molecule has 0 aromatic heterocycles. The molecule has 2 aliphatic rings. The van der Waals surface area contributed by atoms with Crippen molar-refractivity contribution >= 4 is 73.2 Å². The fraction of sp³-hybridized carbons (Fsp3) is 0.0526. The van der Waals surface area contributed by atoms with E-state index in [0.717, 1.165) is 22.5 Å². The predicted molar refractivity (Wildman–Crippen MR) is 115 cm³/mol. The summed E-state index contributed by atoms with van der Waals surface area (Å²) in [6.07, 6.45) is 0. The summed E-state index contributed by atoms with van der Waals surface area (Å²) in [7, 11) is 1.66. The zero-order valence-electron chi connectivity index (χ0n) is 14.4. The number of likely N-dealkylation sites (N-methyl/N-ethyl adjacent to an activating group) is 1. The number of carbonyl (C=O) groups excluding carboxylic acids is 3. The Hall–Kier alpha value is -2.49. The Morgan fingerprint density at radius 2 is 1.75 bits per heavy atom. The molecule has 2 aromatic carbocycles. The second-order valence-corrected chi connectivity index (χ2v) is 8.51. The van der Waals surface area contributed by atoms with Crippen LogP contribution < -0.4 is 10.3 Å². The van der Waals surface area contributed by atoms with Gasteiger partial charge in [0.1, 0.15) is 0 Å². The Balaban J connectivity index is 1.69. The smallest absolute Gasteiger partial charge is 0.286 e. The van der Waals surface area contributed by atoms with Crippen molar-refractivity contribution in [1.82, 2.24) is 10.4 Å². The van der Waals surface area contributed by atoms with Gasteiger partial charge in [-0.15, -0.1) is 0 Å². The van der Waals surface area contributed by atoms with Crippen LogP contribution in [0.5, 0.6) is 0 Å². The number of thiocarbonyl (C=S) groups is 1. The van der Waals surface area contributed by atoms with Crippen LogP contribution >= 0.6 is 39.9 Å². The number of carbonyl (C=O) groups is 3. The summed E-state index contributed by atoms with van der Waals surface area (Å²) in [5.41, 5.74) is 4.60. The topological polar surface area (TPSA) is 69.7 Å². The maximum Gasteiger partial charge on any atom is 0.286 e. The van der Waals surface area contributed by atoms with Gasteiger partial charge in [0.05, 0.1) is 21.7 Å². The number of hydrogen-bond donors (Lipinski definition) is 1. The first-order valence-electron chi connectivity index (χ1n) is 8.13. The van der Waals surface area contributed by atoms with Crippen LogP contribution in [0.1, 0.15) is 15.9 Å². The lowest BCUT2D eigenvalue weighted by Crippen LogP contribution is -2.45. The summed E-state index contributed by atoms with van der Waals surface area (Å²) in [5, 5.41) is 1.01. The highest BCUT2D eigenvalue weighted by Gasteiger charge is 2.41. The van der Waals surface area contributed by atoms with Gasteiger partial charge in [-0.25, -0.2) is 0 Å². The van der Waals surface area contributed by atoms with Gasteiger partial charge in [-0.1, -0.05) is 42.1 Å². The number of fused-ring (bicyclic) bond motifs is 1. The molecule has 0 unspecified atom stereocenters. The summed E-state index contributed by atoms with van der Waals surface area (Å²) in [4.78, 5) is 40.0. The van der Waals surface area contributed by atoms with E-state index in [0.29, 0.717) is 21.2 Å². The number of hydrogen-bond acceptors (Lipinski definition) is 5. The molecule has 1 fully saturated rings. The Kier molecular flexibility index (Phi) is 4.82. The standard InChI is InChI=1S/C19H12BrN3O3S2/c1-22-13-9-5-3-7-11(13)14(17(22)25)15-18(26)23(19(27)28-15)21-16(24)10-6-2-4-8-12(10)20/h2-9H,1H3,(H,21,24)/b15-14+. The average Bonchev–Trinajstić information content (AvgIpc) is 3.10. The molecule has 0 radical (unpaired) electrons. The van der Waals surface area contributed by atoms with E-state index in [1.807, 2.05) is 12.1 Å². The SMILES string of the molecule is CN1C(=O)/C(=C2/SC(=S)N(NC(=O)c3ccccc3Br)C2=O)c2ccccc21. The fourth-order valence-electron chi connectivity index (χ4n) is 3.01. The van der Waals surface area contributed by atoms with E-state index in [4.69, 9.17) is 12.2 Å². The molecule has 1 saturated heterocycles. The van der Waals surface area contributed by atoms with Crippen molar-refractivity contribution in [1.29, 1.82) is 0 Å². The molecule has 0 aliphatic carbocycles. The molecule has 0 spiro atoms. The van der Waals surface area contributed by atoms with Crippen molar-refractivity contribution in [2.45, 2.75) is 0 Å². The lowest BCUT2D eigenvalue weighted by Gasteiger charge is -2.16. The summed E-state index contributed by atoms with van der Waals surface area (Å²) >= 11 is 9.60. The van der Waals surface area contributed by atoms with E-state index in [1.165, 1.54) is 4.90 Å². The lowest BCUT2D eigenvalue weighted by atomic mass is 10.1. The number of nitrogens with one attached hydrogen (secondary N) is 1. The van der Waals surface area contributed by atoms with Crippen LogP contribution in [0.2, 0.25) is 0 Å². The van der Waals surface area contributed by atoms with E-state index < -0.39 is 11.8 Å². The minimum Gasteiger partial charge on any atom is -0.311 e.